The van der Waals surface area contributed by atoms with Crippen molar-refractivity contribution in [3.05, 3.63) is 65.3 Å². The van der Waals surface area contributed by atoms with Gasteiger partial charge in [-0.15, -0.1) is 11.3 Å². The van der Waals surface area contributed by atoms with Crippen molar-refractivity contribution in [1.29, 1.82) is 0 Å². The Morgan fingerprint density at radius 1 is 1.03 bits per heavy atom. The molecule has 5 rings (SSSR count). The van der Waals surface area contributed by atoms with Gasteiger partial charge in [0, 0.05) is 31.7 Å². The first-order valence-corrected chi connectivity index (χ1v) is 12.6. The van der Waals surface area contributed by atoms with E-state index in [0.717, 1.165) is 47.8 Å². The Bertz CT molecular complexity index is 1050. The maximum atomic E-state index is 13.1. The van der Waals surface area contributed by atoms with E-state index < -0.39 is 0 Å². The number of nitrogens with zero attached hydrogens (tertiary/aromatic N) is 3. The van der Waals surface area contributed by atoms with E-state index in [1.807, 2.05) is 24.4 Å². The molecule has 2 unspecified atom stereocenters. The van der Waals surface area contributed by atoms with E-state index in [-0.39, 0.29) is 17.7 Å². The summed E-state index contributed by atoms with van der Waals surface area (Å²) >= 11 is 1.72. The van der Waals surface area contributed by atoms with Crippen molar-refractivity contribution in [3.63, 3.8) is 0 Å². The van der Waals surface area contributed by atoms with Crippen molar-refractivity contribution >= 4 is 33.3 Å². The predicted octanol–water partition coefficient (Wildman–Crippen LogP) is 5.44. The topological polar surface area (TPSA) is 58.1 Å². The Balaban J connectivity index is 1.23. The van der Waals surface area contributed by atoms with Crippen LogP contribution in [0.25, 0.3) is 10.2 Å². The number of thiazole rings is 1. The van der Waals surface area contributed by atoms with E-state index in [2.05, 4.69) is 45.6 Å². The highest BCUT2D eigenvalue weighted by Gasteiger charge is 2.32. The van der Waals surface area contributed by atoms with E-state index in [9.17, 15) is 4.79 Å². The summed E-state index contributed by atoms with van der Waals surface area (Å²) in [4.78, 5) is 25.0. The number of rotatable bonds is 5. The molecule has 3 aromatic rings. The van der Waals surface area contributed by atoms with Gasteiger partial charge in [0.1, 0.15) is 5.82 Å². The lowest BCUT2D eigenvalue weighted by Crippen LogP contribution is -2.34. The zero-order chi connectivity index (χ0) is 21.8. The number of aromatic nitrogens is 2. The summed E-state index contributed by atoms with van der Waals surface area (Å²) in [7, 11) is 0. The number of carbonyl (C=O) groups excluding carboxylic acids is 1. The Labute approximate surface area is 193 Å². The van der Waals surface area contributed by atoms with Gasteiger partial charge < -0.3 is 10.2 Å². The maximum absolute atomic E-state index is 13.1. The number of hydrogen-bond donors (Lipinski definition) is 1. The highest BCUT2D eigenvalue weighted by molar-refractivity contribution is 7.18. The summed E-state index contributed by atoms with van der Waals surface area (Å²) in [5.74, 6) is 1.22. The second kappa shape index (κ2) is 9.82. The number of amides is 1. The molecular formula is C26H30N4OS. The van der Waals surface area contributed by atoms with E-state index >= 15 is 0 Å². The predicted molar refractivity (Wildman–Crippen MR) is 131 cm³/mol. The van der Waals surface area contributed by atoms with Gasteiger partial charge in [-0.05, 0) is 49.4 Å². The number of allylic oxidation sites excluding steroid dienone is 2. The molecule has 1 amide bonds. The van der Waals surface area contributed by atoms with Crippen molar-refractivity contribution in [3.8, 4) is 0 Å². The molecule has 3 heterocycles. The Morgan fingerprint density at radius 3 is 2.62 bits per heavy atom. The molecule has 2 aromatic heterocycles. The van der Waals surface area contributed by atoms with Gasteiger partial charge in [-0.3, -0.25) is 4.79 Å². The first-order valence-electron chi connectivity index (χ1n) is 11.8. The van der Waals surface area contributed by atoms with Gasteiger partial charge in [0.25, 0.3) is 0 Å². The van der Waals surface area contributed by atoms with Crippen LogP contribution in [0.2, 0.25) is 0 Å². The number of nitrogens with one attached hydrogen (secondary N) is 1. The lowest BCUT2D eigenvalue weighted by Gasteiger charge is -2.26. The number of benzene rings is 1. The fourth-order valence-electron chi connectivity index (χ4n) is 4.75. The largest absolute Gasteiger partial charge is 0.357 e. The quantitative estimate of drug-likeness (QED) is 0.530. The maximum Gasteiger partial charge on any atom is 0.224 e. The molecule has 6 heteroatoms. The van der Waals surface area contributed by atoms with E-state index in [0.29, 0.717) is 6.54 Å². The molecule has 1 saturated heterocycles. The van der Waals surface area contributed by atoms with Crippen LogP contribution in [0.5, 0.6) is 0 Å². The van der Waals surface area contributed by atoms with Crippen LogP contribution in [0.15, 0.2) is 54.7 Å². The molecular weight excluding hydrogens is 416 g/mol. The summed E-state index contributed by atoms with van der Waals surface area (Å²) in [6.07, 6.45) is 13.0. The lowest BCUT2D eigenvalue weighted by atomic mass is 9.82. The van der Waals surface area contributed by atoms with Crippen LogP contribution >= 0.6 is 11.3 Å². The molecule has 32 heavy (non-hydrogen) atoms. The summed E-state index contributed by atoms with van der Waals surface area (Å²) < 4.78 is 1.19. The van der Waals surface area contributed by atoms with Gasteiger partial charge >= 0.3 is 0 Å². The number of carbonyl (C=O) groups is 1. The smallest absolute Gasteiger partial charge is 0.224 e. The normalized spacial score (nSPS) is 21.4. The first-order chi connectivity index (χ1) is 15.8. The van der Waals surface area contributed by atoms with Crippen LogP contribution in [-0.4, -0.2) is 29.0 Å². The molecule has 5 nitrogen and oxygen atoms in total. The molecule has 1 aliphatic heterocycles. The molecule has 0 spiro atoms. The Kier molecular flexibility index (Phi) is 6.49. The first kappa shape index (κ1) is 21.1. The number of para-hydroxylation sites is 1. The second-order valence-corrected chi connectivity index (χ2v) is 9.88. The third-order valence-electron chi connectivity index (χ3n) is 6.60. The minimum atomic E-state index is -0.0788. The van der Waals surface area contributed by atoms with Gasteiger partial charge in [0.05, 0.1) is 21.1 Å². The van der Waals surface area contributed by atoms with Gasteiger partial charge in [0.15, 0.2) is 0 Å². The van der Waals surface area contributed by atoms with Gasteiger partial charge in [0.2, 0.25) is 5.91 Å². The van der Waals surface area contributed by atoms with Crippen molar-refractivity contribution < 1.29 is 4.79 Å². The van der Waals surface area contributed by atoms with Crippen LogP contribution < -0.4 is 10.2 Å². The Hall–Kier alpha value is -2.73. The third-order valence-corrected chi connectivity index (χ3v) is 7.77. The average molecular weight is 447 g/mol. The molecule has 1 aliphatic carbocycles. The van der Waals surface area contributed by atoms with Crippen molar-refractivity contribution in [1.82, 2.24) is 15.3 Å². The van der Waals surface area contributed by atoms with Gasteiger partial charge in [-0.25, -0.2) is 9.97 Å². The summed E-state index contributed by atoms with van der Waals surface area (Å²) in [5, 5.41) is 4.23. The third kappa shape index (κ3) is 4.70. The molecule has 1 fully saturated rings. The molecule has 0 radical (unpaired) electrons. The van der Waals surface area contributed by atoms with Crippen LogP contribution in [0.1, 0.15) is 55.0 Å². The highest BCUT2D eigenvalue weighted by Crippen LogP contribution is 2.38. The van der Waals surface area contributed by atoms with Gasteiger partial charge in [-0.1, -0.05) is 43.2 Å². The van der Waals surface area contributed by atoms with Crippen LogP contribution in [0, 0.1) is 5.92 Å². The van der Waals surface area contributed by atoms with Crippen molar-refractivity contribution in [2.75, 3.05) is 18.0 Å². The molecule has 1 N–H and O–H groups in total. The Morgan fingerprint density at radius 2 is 1.84 bits per heavy atom. The minimum Gasteiger partial charge on any atom is -0.357 e. The zero-order valence-electron chi connectivity index (χ0n) is 18.4. The fourth-order valence-corrected chi connectivity index (χ4v) is 5.90. The number of hydrogen-bond acceptors (Lipinski definition) is 5. The van der Waals surface area contributed by atoms with Crippen molar-refractivity contribution in [2.24, 2.45) is 5.92 Å². The number of anilines is 1. The lowest BCUT2D eigenvalue weighted by molar-refractivity contribution is -0.125. The second-order valence-electron chi connectivity index (χ2n) is 8.82. The molecule has 0 bridgehead atoms. The summed E-state index contributed by atoms with van der Waals surface area (Å²) in [6, 6.07) is 12.4. The van der Waals surface area contributed by atoms with Crippen LogP contribution in [0.4, 0.5) is 5.82 Å². The van der Waals surface area contributed by atoms with Crippen molar-refractivity contribution in [2.45, 2.75) is 51.0 Å². The minimum absolute atomic E-state index is 0.0788. The summed E-state index contributed by atoms with van der Waals surface area (Å²) in [6.45, 7) is 2.69. The SMILES string of the molecule is O=C(NCc1ccc(N2CCCCCC2)nc1)C1CC=CCC1c1nc2ccccc2s1. The van der Waals surface area contributed by atoms with Crippen LogP contribution in [0.3, 0.4) is 0 Å². The van der Waals surface area contributed by atoms with E-state index in [1.165, 1.54) is 30.4 Å². The zero-order valence-corrected chi connectivity index (χ0v) is 19.2. The van der Waals surface area contributed by atoms with E-state index in [4.69, 9.17) is 4.98 Å². The molecule has 2 atom stereocenters. The highest BCUT2D eigenvalue weighted by atomic mass is 32.1. The average Bonchev–Trinajstić information content (AvgIpc) is 3.09. The fraction of sp³-hybridized carbons (Fsp3) is 0.423. The molecule has 0 saturated carbocycles. The molecule has 1 aromatic carbocycles. The standard InChI is InChI=1S/C26H30N4OS/c31-25(28-18-19-13-14-24(27-17-19)30-15-7-1-2-8-16-30)20-9-3-4-10-21(20)26-29-22-11-5-6-12-23(22)32-26/h3-6,11-14,17,20-21H,1-2,7-10,15-16,18H2,(H,28,31). The molecule has 166 valence electrons. The summed E-state index contributed by atoms with van der Waals surface area (Å²) in [5.41, 5.74) is 2.07. The molecule has 2 aliphatic rings. The van der Waals surface area contributed by atoms with E-state index in [1.54, 1.807) is 11.3 Å². The van der Waals surface area contributed by atoms with Crippen LogP contribution in [-0.2, 0) is 11.3 Å². The number of fused-ring (bicyclic) bond motifs is 1. The monoisotopic (exact) mass is 446 g/mol. The van der Waals surface area contributed by atoms with Gasteiger partial charge in [-0.2, -0.15) is 0 Å². The number of pyridine rings is 1.